The third-order valence-corrected chi connectivity index (χ3v) is 11.7. The Morgan fingerprint density at radius 2 is 0.828 bits per heavy atom. The molecule has 0 fully saturated rings. The highest BCUT2D eigenvalue weighted by molar-refractivity contribution is 5.76. The number of ether oxygens (including phenoxy) is 1. The van der Waals surface area contributed by atoms with Gasteiger partial charge in [-0.3, -0.25) is 9.59 Å². The summed E-state index contributed by atoms with van der Waals surface area (Å²) in [5, 5.41) is 23.0. The minimum Gasteiger partial charge on any atom is -0.466 e. The number of carbonyl (C=O) groups excluding carboxylic acids is 2. The molecule has 0 aliphatic carbocycles. The normalized spacial score (nSPS) is 12.8. The molecule has 0 heterocycles. The van der Waals surface area contributed by atoms with E-state index in [1.165, 1.54) is 199 Å². The molecule has 58 heavy (non-hydrogen) atoms. The predicted molar refractivity (Wildman–Crippen MR) is 250 cm³/mol. The Balaban J connectivity index is 3.47. The summed E-state index contributed by atoms with van der Waals surface area (Å²) >= 11 is 0. The molecule has 0 radical (unpaired) electrons. The first-order valence-electron chi connectivity index (χ1n) is 25.6. The maximum absolute atomic E-state index is 12.4. The van der Waals surface area contributed by atoms with Crippen LogP contribution in [0.5, 0.6) is 0 Å². The van der Waals surface area contributed by atoms with Crippen LogP contribution in [-0.2, 0) is 14.3 Å². The van der Waals surface area contributed by atoms with Gasteiger partial charge in [-0.2, -0.15) is 0 Å². The van der Waals surface area contributed by atoms with E-state index in [0.717, 1.165) is 44.9 Å². The molecule has 0 aromatic heterocycles. The molecule has 0 aromatic carbocycles. The van der Waals surface area contributed by atoms with E-state index in [-0.39, 0.29) is 18.5 Å². The third kappa shape index (κ3) is 43.9. The Hall–Kier alpha value is -1.66. The van der Waals surface area contributed by atoms with E-state index in [1.54, 1.807) is 6.08 Å². The summed E-state index contributed by atoms with van der Waals surface area (Å²) in [6.07, 6.45) is 56.0. The molecular weight excluding hydrogens is 719 g/mol. The van der Waals surface area contributed by atoms with Gasteiger partial charge in [0.15, 0.2) is 0 Å². The lowest BCUT2D eigenvalue weighted by molar-refractivity contribution is -0.143. The smallest absolute Gasteiger partial charge is 0.305 e. The van der Waals surface area contributed by atoms with Gasteiger partial charge in [-0.15, -0.1) is 0 Å². The van der Waals surface area contributed by atoms with E-state index in [0.29, 0.717) is 19.4 Å². The maximum Gasteiger partial charge on any atom is 0.305 e. The van der Waals surface area contributed by atoms with E-state index < -0.39 is 12.1 Å². The number of esters is 1. The highest BCUT2D eigenvalue weighted by Crippen LogP contribution is 2.16. The molecule has 0 aliphatic heterocycles. The summed E-state index contributed by atoms with van der Waals surface area (Å²) in [6.45, 7) is 4.84. The monoisotopic (exact) mass is 818 g/mol. The average molecular weight is 818 g/mol. The van der Waals surface area contributed by atoms with Crippen LogP contribution < -0.4 is 5.32 Å². The van der Waals surface area contributed by atoms with E-state index in [9.17, 15) is 19.8 Å². The first-order chi connectivity index (χ1) is 28.5. The van der Waals surface area contributed by atoms with Crippen molar-refractivity contribution in [2.24, 2.45) is 0 Å². The quantitative estimate of drug-likeness (QED) is 0.0323. The first kappa shape index (κ1) is 56.3. The molecule has 0 rings (SSSR count). The molecule has 0 saturated carbocycles. The van der Waals surface area contributed by atoms with Gasteiger partial charge in [0.2, 0.25) is 5.91 Å². The predicted octanol–water partition coefficient (Wildman–Crippen LogP) is 15.1. The fraction of sp³-hybridized carbons (Fsp3) is 0.885. The molecule has 0 spiro atoms. The fourth-order valence-electron chi connectivity index (χ4n) is 7.73. The van der Waals surface area contributed by atoms with Crippen molar-refractivity contribution >= 4 is 11.9 Å². The Labute approximate surface area is 361 Å². The van der Waals surface area contributed by atoms with Gasteiger partial charge in [0.05, 0.1) is 25.4 Å². The van der Waals surface area contributed by atoms with E-state index in [4.69, 9.17) is 4.74 Å². The number of rotatable bonds is 47. The van der Waals surface area contributed by atoms with Crippen LogP contribution in [0.3, 0.4) is 0 Å². The van der Waals surface area contributed by atoms with Gasteiger partial charge in [-0.1, -0.05) is 231 Å². The Morgan fingerprint density at radius 3 is 1.28 bits per heavy atom. The zero-order valence-electron chi connectivity index (χ0n) is 38.8. The molecule has 2 atom stereocenters. The van der Waals surface area contributed by atoms with Crippen LogP contribution in [0.1, 0.15) is 271 Å². The summed E-state index contributed by atoms with van der Waals surface area (Å²) in [7, 11) is 0. The average Bonchev–Trinajstić information content (AvgIpc) is 3.22. The topological polar surface area (TPSA) is 95.9 Å². The van der Waals surface area contributed by atoms with Gasteiger partial charge in [0.1, 0.15) is 0 Å². The zero-order valence-corrected chi connectivity index (χ0v) is 38.8. The van der Waals surface area contributed by atoms with Gasteiger partial charge in [-0.05, 0) is 51.4 Å². The van der Waals surface area contributed by atoms with Crippen molar-refractivity contribution in [1.82, 2.24) is 5.32 Å². The van der Waals surface area contributed by atoms with Gasteiger partial charge in [0.25, 0.3) is 0 Å². The van der Waals surface area contributed by atoms with Gasteiger partial charge in [0, 0.05) is 12.8 Å². The summed E-state index contributed by atoms with van der Waals surface area (Å²) in [4.78, 5) is 24.4. The Morgan fingerprint density at radius 1 is 0.466 bits per heavy atom. The molecule has 6 nitrogen and oxygen atoms in total. The van der Waals surface area contributed by atoms with Gasteiger partial charge < -0.3 is 20.3 Å². The molecule has 6 heteroatoms. The fourth-order valence-corrected chi connectivity index (χ4v) is 7.73. The van der Waals surface area contributed by atoms with Crippen molar-refractivity contribution in [3.05, 3.63) is 24.3 Å². The SMILES string of the molecule is CCCC/C=C\CCCCCCCC(=O)OCCCCCCCCCCCCCCCCCCC(=O)NC(CO)C(O)/C=C/CCCCCCCCCCCCCC. The largest absolute Gasteiger partial charge is 0.466 e. The second kappa shape index (κ2) is 48.0. The minimum atomic E-state index is -0.848. The van der Waals surface area contributed by atoms with E-state index in [2.05, 4.69) is 31.3 Å². The summed E-state index contributed by atoms with van der Waals surface area (Å²) in [5.74, 6) is -0.0844. The van der Waals surface area contributed by atoms with Crippen molar-refractivity contribution in [2.45, 2.75) is 283 Å². The second-order valence-corrected chi connectivity index (χ2v) is 17.5. The molecule has 0 aromatic rings. The lowest BCUT2D eigenvalue weighted by Crippen LogP contribution is -2.45. The number of allylic oxidation sites excluding steroid dienone is 3. The van der Waals surface area contributed by atoms with Crippen LogP contribution in [0.4, 0.5) is 0 Å². The molecule has 0 saturated heterocycles. The number of aliphatic hydroxyl groups is 2. The van der Waals surface area contributed by atoms with E-state index >= 15 is 0 Å². The molecule has 3 N–H and O–H groups in total. The molecule has 1 amide bonds. The lowest BCUT2D eigenvalue weighted by atomic mass is 10.0. The lowest BCUT2D eigenvalue weighted by Gasteiger charge is -2.20. The number of hydrogen-bond donors (Lipinski definition) is 3. The highest BCUT2D eigenvalue weighted by atomic mass is 16.5. The number of aliphatic hydroxyl groups excluding tert-OH is 2. The van der Waals surface area contributed by atoms with Gasteiger partial charge >= 0.3 is 5.97 Å². The third-order valence-electron chi connectivity index (χ3n) is 11.7. The van der Waals surface area contributed by atoms with Crippen LogP contribution >= 0.6 is 0 Å². The zero-order chi connectivity index (χ0) is 42.3. The Kier molecular flexibility index (Phi) is 46.6. The molecule has 0 aliphatic rings. The van der Waals surface area contributed by atoms with Crippen LogP contribution in [0.15, 0.2) is 24.3 Å². The second-order valence-electron chi connectivity index (χ2n) is 17.5. The van der Waals surface area contributed by atoms with Crippen molar-refractivity contribution in [3.63, 3.8) is 0 Å². The van der Waals surface area contributed by atoms with Gasteiger partial charge in [-0.25, -0.2) is 0 Å². The summed E-state index contributed by atoms with van der Waals surface area (Å²) in [5.41, 5.74) is 0. The summed E-state index contributed by atoms with van der Waals surface area (Å²) < 4.78 is 5.44. The van der Waals surface area contributed by atoms with Crippen LogP contribution in [-0.4, -0.2) is 47.4 Å². The molecule has 0 bridgehead atoms. The van der Waals surface area contributed by atoms with Crippen LogP contribution in [0.2, 0.25) is 0 Å². The molecular formula is C52H99NO5. The van der Waals surface area contributed by atoms with Crippen molar-refractivity contribution in [1.29, 1.82) is 0 Å². The van der Waals surface area contributed by atoms with Crippen molar-refractivity contribution in [3.8, 4) is 0 Å². The van der Waals surface area contributed by atoms with Crippen molar-refractivity contribution < 1.29 is 24.5 Å². The summed E-state index contributed by atoms with van der Waals surface area (Å²) in [6, 6.07) is -0.632. The number of unbranched alkanes of at least 4 members (excludes halogenated alkanes) is 34. The number of nitrogens with one attached hydrogen (secondary N) is 1. The maximum atomic E-state index is 12.4. The van der Waals surface area contributed by atoms with Crippen molar-refractivity contribution in [2.75, 3.05) is 13.2 Å². The number of amides is 1. The number of carbonyl (C=O) groups is 2. The Bertz CT molecular complexity index is 904. The van der Waals surface area contributed by atoms with E-state index in [1.807, 2.05) is 6.08 Å². The molecule has 2 unspecified atom stereocenters. The van der Waals surface area contributed by atoms with Crippen LogP contribution in [0, 0.1) is 0 Å². The number of hydrogen-bond acceptors (Lipinski definition) is 5. The standard InChI is InChI=1S/C52H99NO5/c1-3-5-7-9-11-13-15-16-21-25-28-32-36-40-44-50(55)49(48-54)53-51(56)45-41-37-33-29-26-22-19-17-18-20-23-27-31-35-39-43-47-58-52(57)46-42-38-34-30-24-14-12-10-8-6-4-2/h10,12,40,44,49-50,54-55H,3-9,11,13-39,41-43,45-48H2,1-2H3,(H,53,56)/b12-10-,44-40+. The molecule has 342 valence electrons. The van der Waals surface area contributed by atoms with Crippen LogP contribution in [0.25, 0.3) is 0 Å². The minimum absolute atomic E-state index is 0.00931. The first-order valence-corrected chi connectivity index (χ1v) is 25.6. The highest BCUT2D eigenvalue weighted by Gasteiger charge is 2.18.